The number of ketones is 1. The Kier molecular flexibility index (Phi) is 23.2. The van der Waals surface area contributed by atoms with Gasteiger partial charge in [0.25, 0.3) is 0 Å². The molecule has 1 heterocycles. The lowest BCUT2D eigenvalue weighted by atomic mass is 9.80. The number of phenolic OH excluding ortho intramolecular Hbond substituents is 1. The molecule has 0 saturated carbocycles. The largest absolute Gasteiger partial charge is 0.508 e. The fourth-order valence-electron chi connectivity index (χ4n) is 9.70. The quantitative estimate of drug-likeness (QED) is 0.0590. The molecule has 0 bridgehead atoms. The smallest absolute Gasteiger partial charge is 0.245 e. The van der Waals surface area contributed by atoms with Crippen LogP contribution in [0.1, 0.15) is 143 Å². The van der Waals surface area contributed by atoms with Gasteiger partial charge in [0.05, 0.1) is 18.1 Å². The van der Waals surface area contributed by atoms with Crippen LogP contribution in [0, 0.1) is 47.3 Å². The maximum absolute atomic E-state index is 14.4. The maximum atomic E-state index is 14.4. The number of aromatic hydroxyl groups is 1. The zero-order valence-electron chi connectivity index (χ0n) is 41.1. The Balaban J connectivity index is 1.52. The van der Waals surface area contributed by atoms with Crippen molar-refractivity contribution >= 4 is 34.8 Å². The molecule has 3 rings (SSSR count). The Hall–Kier alpha value is -4.09. The molecule has 64 heavy (non-hydrogen) atoms. The highest BCUT2D eigenvalue weighted by Crippen LogP contribution is 2.30. The van der Waals surface area contributed by atoms with E-state index in [2.05, 4.69) is 76.2 Å². The molecule has 0 aliphatic carbocycles. The molecule has 0 aliphatic rings. The molecule has 0 spiro atoms. The molecule has 3 aromatic rings. The van der Waals surface area contributed by atoms with Crippen LogP contribution in [0.3, 0.4) is 0 Å². The summed E-state index contributed by atoms with van der Waals surface area (Å²) >= 11 is 1.54. The normalized spacial score (nSPS) is 16.5. The molecule has 0 saturated heterocycles. The Morgan fingerprint density at radius 3 is 2.02 bits per heavy atom. The minimum Gasteiger partial charge on any atom is -0.508 e. The second-order valence-corrected chi connectivity index (χ2v) is 20.3. The first-order chi connectivity index (χ1) is 30.4. The van der Waals surface area contributed by atoms with E-state index in [-0.39, 0.29) is 94.8 Å². The molecule has 3 N–H and O–H groups in total. The third kappa shape index (κ3) is 16.7. The number of Topliss-reactive ketones (excluding diaryl/α,β-unsaturated/α-hetero) is 1. The van der Waals surface area contributed by atoms with Crippen LogP contribution in [0.5, 0.6) is 5.75 Å². The summed E-state index contributed by atoms with van der Waals surface area (Å²) in [6.07, 6.45) is 9.02. The van der Waals surface area contributed by atoms with Crippen molar-refractivity contribution in [1.82, 2.24) is 20.5 Å². The zero-order valence-corrected chi connectivity index (χ0v) is 42.0. The van der Waals surface area contributed by atoms with Crippen LogP contribution in [0.15, 0.2) is 66.2 Å². The van der Waals surface area contributed by atoms with Crippen molar-refractivity contribution in [3.63, 3.8) is 0 Å². The minimum atomic E-state index is -0.685. The van der Waals surface area contributed by atoms with E-state index in [4.69, 9.17) is 4.74 Å². The average Bonchev–Trinajstić information content (AvgIpc) is 3.80. The van der Waals surface area contributed by atoms with Gasteiger partial charge in [0.1, 0.15) is 22.6 Å². The topological polar surface area (TPSA) is 138 Å². The first-order valence-corrected chi connectivity index (χ1v) is 24.9. The summed E-state index contributed by atoms with van der Waals surface area (Å²) in [7, 11) is 3.52. The van der Waals surface area contributed by atoms with E-state index in [1.165, 1.54) is 0 Å². The molecular formula is C53H82N4O6S. The van der Waals surface area contributed by atoms with Crippen molar-refractivity contribution in [2.75, 3.05) is 14.2 Å². The van der Waals surface area contributed by atoms with Crippen LogP contribution in [0.4, 0.5) is 0 Å². The summed E-state index contributed by atoms with van der Waals surface area (Å²) in [5, 5.41) is 18.9. The Morgan fingerprint density at radius 2 is 1.44 bits per heavy atom. The van der Waals surface area contributed by atoms with E-state index in [1.54, 1.807) is 36.8 Å². The summed E-state index contributed by atoms with van der Waals surface area (Å²) in [6, 6.07) is 16.3. The molecule has 0 aliphatic heterocycles. The Morgan fingerprint density at radius 1 is 0.766 bits per heavy atom. The SMILES string of the molecule is CC[C@H](C)[C@@H]([C@H](C)CC(=O)CCCCC[C@H](C)[C@H](OC)[C@@H](C)C(=O)N[C@@H](Cc1ccccc1)c1nccs1)N(C)C(=O)[C@@H](NC(=O)[C@H](C(C)C)C(C)CCc1ccc(O)cc1)C(C)C. The van der Waals surface area contributed by atoms with E-state index >= 15 is 0 Å². The van der Waals surface area contributed by atoms with Gasteiger partial charge in [-0.3, -0.25) is 19.2 Å². The number of ether oxygens (including phenoxy) is 1. The maximum Gasteiger partial charge on any atom is 0.245 e. The highest BCUT2D eigenvalue weighted by molar-refractivity contribution is 7.09. The number of hydrogen-bond acceptors (Lipinski definition) is 8. The number of thiazole rings is 1. The van der Waals surface area contributed by atoms with E-state index in [9.17, 15) is 24.3 Å². The van der Waals surface area contributed by atoms with Crippen LogP contribution in [0.25, 0.3) is 0 Å². The lowest BCUT2D eigenvalue weighted by Crippen LogP contribution is -2.56. The average molecular weight is 903 g/mol. The van der Waals surface area contributed by atoms with Gasteiger partial charge in [0.15, 0.2) is 0 Å². The molecule has 10 nitrogen and oxygen atoms in total. The fourth-order valence-corrected chi connectivity index (χ4v) is 10.4. The molecule has 356 valence electrons. The monoisotopic (exact) mass is 903 g/mol. The van der Waals surface area contributed by atoms with Crippen LogP contribution < -0.4 is 10.6 Å². The molecule has 0 fully saturated rings. The van der Waals surface area contributed by atoms with Gasteiger partial charge >= 0.3 is 0 Å². The highest BCUT2D eigenvalue weighted by atomic mass is 32.1. The second kappa shape index (κ2) is 27.4. The number of unbranched alkanes of at least 4 members (excludes halogenated alkanes) is 2. The number of amides is 3. The van der Waals surface area contributed by atoms with Crippen molar-refractivity contribution in [2.45, 2.75) is 158 Å². The van der Waals surface area contributed by atoms with E-state index in [0.717, 1.165) is 61.1 Å². The van der Waals surface area contributed by atoms with Gasteiger partial charge in [0.2, 0.25) is 17.7 Å². The van der Waals surface area contributed by atoms with E-state index in [0.29, 0.717) is 19.3 Å². The van der Waals surface area contributed by atoms with Gasteiger partial charge in [0, 0.05) is 50.5 Å². The number of carbonyl (C=O) groups excluding carboxylic acids is 4. The summed E-state index contributed by atoms with van der Waals surface area (Å²) < 4.78 is 5.93. The zero-order chi connectivity index (χ0) is 47.5. The predicted molar refractivity (Wildman–Crippen MR) is 261 cm³/mol. The number of phenols is 1. The third-order valence-corrected chi connectivity index (χ3v) is 14.4. The number of hydrogen-bond donors (Lipinski definition) is 3. The Labute approximate surface area is 390 Å². The number of likely N-dealkylation sites (N-methyl/N-ethyl adjacent to an activating group) is 1. The number of methoxy groups -OCH3 is 1. The van der Waals surface area contributed by atoms with Crippen LogP contribution in [-0.4, -0.2) is 70.8 Å². The fraction of sp³-hybridized carbons (Fsp3) is 0.642. The molecule has 0 radical (unpaired) electrons. The van der Waals surface area contributed by atoms with Crippen molar-refractivity contribution in [1.29, 1.82) is 0 Å². The molecule has 1 unspecified atom stereocenters. The first kappa shape index (κ1) is 54.2. The van der Waals surface area contributed by atoms with Crippen LogP contribution >= 0.6 is 11.3 Å². The van der Waals surface area contributed by atoms with Gasteiger partial charge in [-0.25, -0.2) is 4.98 Å². The van der Waals surface area contributed by atoms with Gasteiger partial charge in [-0.15, -0.1) is 11.3 Å². The highest BCUT2D eigenvalue weighted by Gasteiger charge is 2.38. The lowest BCUT2D eigenvalue weighted by molar-refractivity contribution is -0.142. The van der Waals surface area contributed by atoms with Gasteiger partial charge in [-0.05, 0) is 90.9 Å². The minimum absolute atomic E-state index is 0.0502. The molecule has 2 aromatic carbocycles. The lowest BCUT2D eigenvalue weighted by Gasteiger charge is -2.40. The number of rotatable bonds is 29. The van der Waals surface area contributed by atoms with Crippen LogP contribution in [-0.2, 0) is 36.8 Å². The van der Waals surface area contributed by atoms with Crippen molar-refractivity contribution < 1.29 is 29.0 Å². The molecular weight excluding hydrogens is 821 g/mol. The molecule has 1 aromatic heterocycles. The summed E-state index contributed by atoms with van der Waals surface area (Å²) in [5.41, 5.74) is 2.25. The van der Waals surface area contributed by atoms with Crippen molar-refractivity contribution in [3.05, 3.63) is 82.3 Å². The van der Waals surface area contributed by atoms with Crippen molar-refractivity contribution in [2.24, 2.45) is 47.3 Å². The third-order valence-electron chi connectivity index (χ3n) is 13.5. The number of nitrogens with zero attached hydrogens (tertiary/aromatic N) is 2. The van der Waals surface area contributed by atoms with Crippen LogP contribution in [0.2, 0.25) is 0 Å². The first-order valence-electron chi connectivity index (χ1n) is 24.0. The molecule has 10 atom stereocenters. The van der Waals surface area contributed by atoms with Crippen molar-refractivity contribution in [3.8, 4) is 5.75 Å². The molecule has 3 amide bonds. The second-order valence-electron chi connectivity index (χ2n) is 19.4. The standard InChI is InChI=1S/C53H82N4O6S/c1-13-36(6)48(57(11)53(62)47(35(4)5)56-51(61)46(34(2)3)37(7)24-25-41-26-28-43(58)29-27-41)39(9)32-44(59)23-19-14-16-20-38(8)49(63-12)40(10)50(60)55-45(52-54-30-31-64-52)33-42-21-17-15-18-22-42/h15,17-18,21-22,26-31,34-40,45-49,58H,13-14,16,19-20,23-25,32-33H2,1-12H3,(H,55,60)(H,56,61)/t36-,37?,38-,39+,40+,45-,46+,47-,48-,49-/m0/s1. The van der Waals surface area contributed by atoms with Gasteiger partial charge in [-0.2, -0.15) is 0 Å². The summed E-state index contributed by atoms with van der Waals surface area (Å²) in [4.78, 5) is 61.8. The van der Waals surface area contributed by atoms with Gasteiger partial charge in [-0.1, -0.05) is 131 Å². The molecule has 11 heteroatoms. The Bertz CT molecular complexity index is 1820. The predicted octanol–water partition coefficient (Wildman–Crippen LogP) is 10.6. The van der Waals surface area contributed by atoms with Gasteiger partial charge < -0.3 is 25.4 Å². The number of carbonyl (C=O) groups is 4. The number of nitrogens with one attached hydrogen (secondary N) is 2. The summed E-state index contributed by atoms with van der Waals surface area (Å²) in [5.74, 6) is -0.154. The number of aromatic nitrogens is 1. The summed E-state index contributed by atoms with van der Waals surface area (Å²) in [6.45, 7) is 20.6. The van der Waals surface area contributed by atoms with E-state index < -0.39 is 6.04 Å². The number of benzene rings is 2. The number of aryl methyl sites for hydroxylation is 1. The van der Waals surface area contributed by atoms with E-state index in [1.807, 2.05) is 68.4 Å².